The van der Waals surface area contributed by atoms with E-state index in [-0.39, 0.29) is 18.3 Å². The van der Waals surface area contributed by atoms with Crippen molar-refractivity contribution in [3.8, 4) is 0 Å². The molecule has 0 bridgehead atoms. The van der Waals surface area contributed by atoms with Crippen molar-refractivity contribution in [3.63, 3.8) is 0 Å². The van der Waals surface area contributed by atoms with Crippen LogP contribution in [0.5, 0.6) is 0 Å². The third-order valence-electron chi connectivity index (χ3n) is 3.96. The molecule has 0 unspecified atom stereocenters. The van der Waals surface area contributed by atoms with E-state index in [4.69, 9.17) is 28.2 Å². The van der Waals surface area contributed by atoms with E-state index in [0.717, 1.165) is 22.3 Å². The molecule has 0 aliphatic heterocycles. The van der Waals surface area contributed by atoms with Crippen LogP contribution in [0.1, 0.15) is 15.9 Å². The lowest BCUT2D eigenvalue weighted by atomic mass is 10.2. The molecule has 1 amide bonds. The first-order valence-corrected chi connectivity index (χ1v) is 9.71. The van der Waals surface area contributed by atoms with Crippen molar-refractivity contribution >= 4 is 68.2 Å². The number of likely N-dealkylation sites (N-methyl/N-ethyl adjacent to an activating group) is 1. The quantitative estimate of drug-likeness (QED) is 0.518. The monoisotopic (exact) mass is 443 g/mol. The molecule has 4 nitrogen and oxygen atoms in total. The van der Waals surface area contributed by atoms with E-state index in [1.807, 2.05) is 38.1 Å². The lowest BCUT2D eigenvalue weighted by molar-refractivity contribution is 0.0985. The number of aryl methyl sites for hydroxylation is 1. The minimum Gasteiger partial charge on any atom is -0.308 e. The number of amides is 1. The fraction of sp³-hybridized carbons (Fsp3) is 0.263. The molecule has 0 saturated carbocycles. The van der Waals surface area contributed by atoms with Crippen LogP contribution in [0.25, 0.3) is 10.2 Å². The molecule has 0 aliphatic carbocycles. The number of hydrogen-bond donors (Lipinski definition) is 0. The Morgan fingerprint density at radius 1 is 1.11 bits per heavy atom. The molecule has 0 N–H and O–H groups in total. The Morgan fingerprint density at radius 3 is 2.52 bits per heavy atom. The number of hydrogen-bond acceptors (Lipinski definition) is 4. The topological polar surface area (TPSA) is 36.4 Å². The van der Waals surface area contributed by atoms with Gasteiger partial charge in [0.1, 0.15) is 0 Å². The predicted octanol–water partition coefficient (Wildman–Crippen LogP) is 5.54. The molecule has 0 atom stereocenters. The van der Waals surface area contributed by atoms with Gasteiger partial charge in [-0.25, -0.2) is 4.98 Å². The first-order chi connectivity index (χ1) is 12.3. The lowest BCUT2D eigenvalue weighted by Crippen LogP contribution is -2.36. The molecule has 27 heavy (non-hydrogen) atoms. The summed E-state index contributed by atoms with van der Waals surface area (Å²) in [5, 5.41) is 1.87. The molecule has 144 valence electrons. The molecule has 8 heteroatoms. The minimum absolute atomic E-state index is 0. The molecule has 0 saturated heterocycles. The van der Waals surface area contributed by atoms with Gasteiger partial charge in [-0.2, -0.15) is 0 Å². The summed E-state index contributed by atoms with van der Waals surface area (Å²) in [7, 11) is 3.95. The summed E-state index contributed by atoms with van der Waals surface area (Å²) < 4.78 is 0.971. The maximum Gasteiger partial charge on any atom is 0.260 e. The van der Waals surface area contributed by atoms with Crippen LogP contribution in [0.4, 0.5) is 5.13 Å². The van der Waals surface area contributed by atoms with Gasteiger partial charge >= 0.3 is 0 Å². The zero-order valence-electron chi connectivity index (χ0n) is 15.2. The SMILES string of the molecule is Cc1cc(Cl)cc2sc(N(CCN(C)C)C(=O)c3cccc(Cl)c3)nc12.Cl. The Balaban J connectivity index is 0.00000261. The van der Waals surface area contributed by atoms with E-state index in [1.165, 1.54) is 11.3 Å². The van der Waals surface area contributed by atoms with Crippen LogP contribution in [0.15, 0.2) is 36.4 Å². The molecular weight excluding hydrogens is 425 g/mol. The van der Waals surface area contributed by atoms with Crippen LogP contribution in [0.2, 0.25) is 10.0 Å². The van der Waals surface area contributed by atoms with Crippen LogP contribution in [-0.4, -0.2) is 43.0 Å². The van der Waals surface area contributed by atoms with E-state index in [2.05, 4.69) is 0 Å². The average molecular weight is 445 g/mol. The van der Waals surface area contributed by atoms with Crippen LogP contribution < -0.4 is 4.90 Å². The molecule has 2 aromatic carbocycles. The second-order valence-corrected chi connectivity index (χ2v) is 8.22. The van der Waals surface area contributed by atoms with Crippen molar-refractivity contribution in [3.05, 3.63) is 57.6 Å². The van der Waals surface area contributed by atoms with Crippen molar-refractivity contribution in [2.24, 2.45) is 0 Å². The Kier molecular flexibility index (Phi) is 7.48. The van der Waals surface area contributed by atoms with Crippen molar-refractivity contribution in [1.82, 2.24) is 9.88 Å². The average Bonchev–Trinajstić information content (AvgIpc) is 2.98. The van der Waals surface area contributed by atoms with E-state index in [9.17, 15) is 4.79 Å². The van der Waals surface area contributed by atoms with Gasteiger partial charge in [-0.15, -0.1) is 12.4 Å². The van der Waals surface area contributed by atoms with Gasteiger partial charge in [0.2, 0.25) is 0 Å². The second-order valence-electron chi connectivity index (χ2n) is 6.34. The highest BCUT2D eigenvalue weighted by molar-refractivity contribution is 7.22. The number of thiazole rings is 1. The van der Waals surface area contributed by atoms with E-state index in [1.54, 1.807) is 29.2 Å². The first-order valence-electron chi connectivity index (χ1n) is 8.14. The predicted molar refractivity (Wildman–Crippen MR) is 118 cm³/mol. The van der Waals surface area contributed by atoms with Gasteiger partial charge in [0.15, 0.2) is 5.13 Å². The third-order valence-corrected chi connectivity index (χ3v) is 5.44. The molecule has 3 aromatic rings. The minimum atomic E-state index is -0.114. The van der Waals surface area contributed by atoms with Gasteiger partial charge in [-0.05, 0) is 56.9 Å². The number of fused-ring (bicyclic) bond motifs is 1. The molecule has 0 radical (unpaired) electrons. The van der Waals surface area contributed by atoms with Crippen molar-refractivity contribution in [1.29, 1.82) is 0 Å². The van der Waals surface area contributed by atoms with E-state index in [0.29, 0.717) is 27.3 Å². The summed E-state index contributed by atoms with van der Waals surface area (Å²) in [5.74, 6) is -0.114. The van der Waals surface area contributed by atoms with Crippen LogP contribution in [0, 0.1) is 6.92 Å². The Bertz CT molecular complexity index is 959. The lowest BCUT2D eigenvalue weighted by Gasteiger charge is -2.22. The summed E-state index contributed by atoms with van der Waals surface area (Å²) in [6.07, 6.45) is 0. The summed E-state index contributed by atoms with van der Waals surface area (Å²) in [5.41, 5.74) is 2.42. The van der Waals surface area contributed by atoms with Gasteiger partial charge in [0.25, 0.3) is 5.91 Å². The third kappa shape index (κ3) is 5.12. The van der Waals surface area contributed by atoms with Crippen LogP contribution in [0.3, 0.4) is 0 Å². The van der Waals surface area contributed by atoms with Crippen LogP contribution >= 0.6 is 46.9 Å². The normalized spacial score (nSPS) is 10.9. The van der Waals surface area contributed by atoms with E-state index < -0.39 is 0 Å². The largest absolute Gasteiger partial charge is 0.308 e. The summed E-state index contributed by atoms with van der Waals surface area (Å²) in [6.45, 7) is 3.23. The maximum absolute atomic E-state index is 13.1. The molecular formula is C19H20Cl3N3OS. The standard InChI is InChI=1S/C19H19Cl2N3OS.ClH/c1-12-9-15(21)11-16-17(12)22-19(26-16)24(8-7-23(2)3)18(25)13-5-4-6-14(20)10-13;/h4-6,9-11H,7-8H2,1-3H3;1H. The number of halogens is 3. The van der Waals surface area contributed by atoms with Crippen molar-refractivity contribution in [2.75, 3.05) is 32.1 Å². The number of benzene rings is 2. The zero-order valence-corrected chi connectivity index (χ0v) is 18.3. The summed E-state index contributed by atoms with van der Waals surface area (Å²) in [4.78, 5) is 21.6. The molecule has 0 aliphatic rings. The molecule has 1 aromatic heterocycles. The fourth-order valence-corrected chi connectivity index (χ4v) is 4.25. The number of carbonyl (C=O) groups excluding carboxylic acids is 1. The fourth-order valence-electron chi connectivity index (χ4n) is 2.62. The highest BCUT2D eigenvalue weighted by atomic mass is 35.5. The highest BCUT2D eigenvalue weighted by Crippen LogP contribution is 2.33. The van der Waals surface area contributed by atoms with Gasteiger partial charge in [-0.3, -0.25) is 9.69 Å². The molecule has 3 rings (SSSR count). The number of rotatable bonds is 5. The number of carbonyl (C=O) groups is 1. The Morgan fingerprint density at radius 2 is 1.85 bits per heavy atom. The number of anilines is 1. The van der Waals surface area contributed by atoms with Crippen molar-refractivity contribution in [2.45, 2.75) is 6.92 Å². The van der Waals surface area contributed by atoms with Gasteiger partial charge in [0.05, 0.1) is 10.2 Å². The van der Waals surface area contributed by atoms with Crippen LogP contribution in [-0.2, 0) is 0 Å². The van der Waals surface area contributed by atoms with Gasteiger partial charge in [-0.1, -0.05) is 40.6 Å². The molecule has 1 heterocycles. The molecule has 0 spiro atoms. The summed E-state index contributed by atoms with van der Waals surface area (Å²) in [6, 6.07) is 10.8. The van der Waals surface area contributed by atoms with Crippen molar-refractivity contribution < 1.29 is 4.79 Å². The Hall–Kier alpha value is -1.37. The smallest absolute Gasteiger partial charge is 0.260 e. The summed E-state index contributed by atoms with van der Waals surface area (Å²) >= 11 is 13.7. The number of nitrogens with zero attached hydrogens (tertiary/aromatic N) is 3. The van der Waals surface area contributed by atoms with Gasteiger partial charge < -0.3 is 4.90 Å². The number of aromatic nitrogens is 1. The highest BCUT2D eigenvalue weighted by Gasteiger charge is 2.22. The Labute approximate surface area is 179 Å². The maximum atomic E-state index is 13.1. The first kappa shape index (κ1) is 21.9. The van der Waals surface area contributed by atoms with E-state index >= 15 is 0 Å². The molecule has 0 fully saturated rings. The second kappa shape index (κ2) is 9.22. The zero-order chi connectivity index (χ0) is 18.8. The van der Waals surface area contributed by atoms with Gasteiger partial charge in [0, 0.05) is 28.7 Å².